The third-order valence-electron chi connectivity index (χ3n) is 2.04. The van der Waals surface area contributed by atoms with Gasteiger partial charge in [0.1, 0.15) is 5.60 Å². The quantitative estimate of drug-likeness (QED) is 0.557. The second-order valence-corrected chi connectivity index (χ2v) is 3.16. The normalized spacial score (nSPS) is 30.8. The molecule has 0 aromatic rings. The summed E-state index contributed by atoms with van der Waals surface area (Å²) in [5, 5.41) is 0. The van der Waals surface area contributed by atoms with E-state index in [2.05, 4.69) is 0 Å². The maximum atomic E-state index is 11.3. The molecule has 1 aliphatic rings. The summed E-state index contributed by atoms with van der Waals surface area (Å²) in [7, 11) is 0. The highest BCUT2D eigenvalue weighted by Crippen LogP contribution is 2.33. The van der Waals surface area contributed by atoms with Gasteiger partial charge in [-0.2, -0.15) is 0 Å². The lowest BCUT2D eigenvalue weighted by atomic mass is 9.94. The van der Waals surface area contributed by atoms with Crippen molar-refractivity contribution in [2.75, 3.05) is 6.61 Å². The van der Waals surface area contributed by atoms with Gasteiger partial charge >= 0.3 is 0 Å². The van der Waals surface area contributed by atoms with Crippen LogP contribution in [-0.2, 0) is 9.53 Å². The molecule has 0 aliphatic carbocycles. The monoisotopic (exact) mass is 142 g/mol. The highest BCUT2D eigenvalue weighted by atomic mass is 16.6. The fourth-order valence-electron chi connectivity index (χ4n) is 1.13. The molecule has 2 heteroatoms. The molecule has 0 amide bonds. The maximum absolute atomic E-state index is 11.3. The fourth-order valence-corrected chi connectivity index (χ4v) is 1.13. The van der Waals surface area contributed by atoms with Crippen molar-refractivity contribution in [2.24, 2.45) is 5.92 Å². The molecule has 1 rings (SSSR count). The minimum Gasteiger partial charge on any atom is -0.361 e. The van der Waals surface area contributed by atoms with Gasteiger partial charge in [-0.15, -0.1) is 0 Å². The predicted molar refractivity (Wildman–Crippen MR) is 38.8 cm³/mol. The molecule has 1 unspecified atom stereocenters. The number of hydrogen-bond acceptors (Lipinski definition) is 2. The van der Waals surface area contributed by atoms with Crippen LogP contribution in [0.25, 0.3) is 0 Å². The van der Waals surface area contributed by atoms with E-state index in [9.17, 15) is 4.79 Å². The summed E-state index contributed by atoms with van der Waals surface area (Å²) in [5.41, 5.74) is -0.367. The van der Waals surface area contributed by atoms with E-state index in [1.165, 1.54) is 0 Å². The Morgan fingerprint density at radius 3 is 2.30 bits per heavy atom. The SMILES string of the molecule is CCC1(C(=O)C(C)C)CO1. The van der Waals surface area contributed by atoms with Crippen molar-refractivity contribution in [1.29, 1.82) is 0 Å². The van der Waals surface area contributed by atoms with Gasteiger partial charge in [0.15, 0.2) is 5.78 Å². The van der Waals surface area contributed by atoms with Crippen molar-refractivity contribution in [2.45, 2.75) is 32.8 Å². The molecular formula is C8H14O2. The summed E-state index contributed by atoms with van der Waals surface area (Å²) in [4.78, 5) is 11.3. The second kappa shape index (κ2) is 2.35. The van der Waals surface area contributed by atoms with Gasteiger partial charge in [-0.25, -0.2) is 0 Å². The number of hydrogen-bond donors (Lipinski definition) is 0. The third-order valence-corrected chi connectivity index (χ3v) is 2.04. The van der Waals surface area contributed by atoms with Gasteiger partial charge < -0.3 is 4.74 Å². The van der Waals surface area contributed by atoms with Crippen LogP contribution in [-0.4, -0.2) is 18.0 Å². The van der Waals surface area contributed by atoms with Gasteiger partial charge in [-0.3, -0.25) is 4.79 Å². The highest BCUT2D eigenvalue weighted by molar-refractivity contribution is 5.91. The number of epoxide rings is 1. The van der Waals surface area contributed by atoms with E-state index in [0.717, 1.165) is 6.42 Å². The maximum Gasteiger partial charge on any atom is 0.169 e. The highest BCUT2D eigenvalue weighted by Gasteiger charge is 2.50. The lowest BCUT2D eigenvalue weighted by Gasteiger charge is -2.09. The van der Waals surface area contributed by atoms with Crippen LogP contribution in [0.1, 0.15) is 27.2 Å². The largest absolute Gasteiger partial charge is 0.361 e. The first kappa shape index (κ1) is 7.73. The number of ketones is 1. The molecule has 1 atom stereocenters. The van der Waals surface area contributed by atoms with Crippen LogP contribution in [0.4, 0.5) is 0 Å². The summed E-state index contributed by atoms with van der Waals surface area (Å²) in [5.74, 6) is 0.373. The van der Waals surface area contributed by atoms with Crippen LogP contribution in [0.15, 0.2) is 0 Å². The van der Waals surface area contributed by atoms with Crippen molar-refractivity contribution in [3.63, 3.8) is 0 Å². The molecule has 1 saturated heterocycles. The zero-order chi connectivity index (χ0) is 7.78. The fraction of sp³-hybridized carbons (Fsp3) is 0.875. The first-order chi connectivity index (χ1) is 4.62. The van der Waals surface area contributed by atoms with Gasteiger partial charge in [0.2, 0.25) is 0 Å². The molecule has 2 nitrogen and oxygen atoms in total. The molecule has 10 heavy (non-hydrogen) atoms. The van der Waals surface area contributed by atoms with Crippen molar-refractivity contribution < 1.29 is 9.53 Å². The van der Waals surface area contributed by atoms with Crippen molar-refractivity contribution in [3.05, 3.63) is 0 Å². The Kier molecular flexibility index (Phi) is 1.82. The van der Waals surface area contributed by atoms with E-state index >= 15 is 0 Å². The van der Waals surface area contributed by atoms with E-state index in [1.54, 1.807) is 0 Å². The summed E-state index contributed by atoms with van der Waals surface area (Å²) in [6, 6.07) is 0. The zero-order valence-corrected chi connectivity index (χ0v) is 6.81. The molecule has 0 aromatic heterocycles. The average Bonchev–Trinajstić information content (AvgIpc) is 2.66. The number of Topliss-reactive ketones (excluding diaryl/α,β-unsaturated/α-hetero) is 1. The van der Waals surface area contributed by atoms with Crippen molar-refractivity contribution in [3.8, 4) is 0 Å². The number of rotatable bonds is 3. The van der Waals surface area contributed by atoms with Crippen molar-refractivity contribution in [1.82, 2.24) is 0 Å². The second-order valence-electron chi connectivity index (χ2n) is 3.16. The van der Waals surface area contributed by atoms with Gasteiger partial charge in [0.05, 0.1) is 6.61 Å². The molecule has 0 aromatic carbocycles. The van der Waals surface area contributed by atoms with E-state index < -0.39 is 0 Å². The Balaban J connectivity index is 2.56. The average molecular weight is 142 g/mol. The topological polar surface area (TPSA) is 29.6 Å². The summed E-state index contributed by atoms with van der Waals surface area (Å²) >= 11 is 0. The Morgan fingerprint density at radius 1 is 1.70 bits per heavy atom. The number of ether oxygens (including phenoxy) is 1. The lowest BCUT2D eigenvalue weighted by molar-refractivity contribution is -0.127. The van der Waals surface area contributed by atoms with Crippen LogP contribution >= 0.6 is 0 Å². The van der Waals surface area contributed by atoms with Gasteiger partial charge in [-0.1, -0.05) is 20.8 Å². The Hall–Kier alpha value is -0.370. The molecule has 1 aliphatic heterocycles. The smallest absolute Gasteiger partial charge is 0.169 e. The molecule has 0 saturated carbocycles. The van der Waals surface area contributed by atoms with Crippen LogP contribution in [0.5, 0.6) is 0 Å². The van der Waals surface area contributed by atoms with Crippen LogP contribution in [0, 0.1) is 5.92 Å². The zero-order valence-electron chi connectivity index (χ0n) is 6.81. The molecule has 1 fully saturated rings. The number of carbonyl (C=O) groups is 1. The summed E-state index contributed by atoms with van der Waals surface area (Å²) in [6.07, 6.45) is 0.823. The minimum absolute atomic E-state index is 0.113. The van der Waals surface area contributed by atoms with Gasteiger partial charge in [-0.05, 0) is 6.42 Å². The molecule has 0 radical (unpaired) electrons. The van der Waals surface area contributed by atoms with Gasteiger partial charge in [0.25, 0.3) is 0 Å². The Bertz CT molecular complexity index is 145. The Labute approximate surface area is 61.6 Å². The third kappa shape index (κ3) is 1.08. The molecule has 0 N–H and O–H groups in total. The van der Waals surface area contributed by atoms with Gasteiger partial charge in [0, 0.05) is 5.92 Å². The first-order valence-corrected chi connectivity index (χ1v) is 3.80. The molecule has 58 valence electrons. The number of carbonyl (C=O) groups excluding carboxylic acids is 1. The lowest BCUT2D eigenvalue weighted by Crippen LogP contribution is -2.27. The standard InChI is InChI=1S/C8H14O2/c1-4-8(5-10-8)7(9)6(2)3/h6H,4-5H2,1-3H3. The molecule has 0 spiro atoms. The minimum atomic E-state index is -0.367. The summed E-state index contributed by atoms with van der Waals surface area (Å²) < 4.78 is 5.12. The molecule has 1 heterocycles. The van der Waals surface area contributed by atoms with Crippen LogP contribution in [0.3, 0.4) is 0 Å². The van der Waals surface area contributed by atoms with E-state index in [1.807, 2.05) is 20.8 Å². The van der Waals surface area contributed by atoms with E-state index in [4.69, 9.17) is 4.74 Å². The predicted octanol–water partition coefficient (Wildman–Crippen LogP) is 1.39. The Morgan fingerprint density at radius 2 is 2.20 bits per heavy atom. The molecule has 0 bridgehead atoms. The van der Waals surface area contributed by atoms with E-state index in [-0.39, 0.29) is 17.3 Å². The summed E-state index contributed by atoms with van der Waals surface area (Å²) in [6.45, 7) is 6.47. The van der Waals surface area contributed by atoms with Crippen molar-refractivity contribution >= 4 is 5.78 Å². The van der Waals surface area contributed by atoms with E-state index in [0.29, 0.717) is 6.61 Å². The van der Waals surface area contributed by atoms with Crippen LogP contribution < -0.4 is 0 Å². The molecular weight excluding hydrogens is 128 g/mol. The van der Waals surface area contributed by atoms with Crippen LogP contribution in [0.2, 0.25) is 0 Å². The first-order valence-electron chi connectivity index (χ1n) is 3.80.